The van der Waals surface area contributed by atoms with Crippen molar-refractivity contribution >= 4 is 44.3 Å². The summed E-state index contributed by atoms with van der Waals surface area (Å²) >= 11 is 5.79. The molecule has 3 aromatic rings. The van der Waals surface area contributed by atoms with Gasteiger partial charge in [-0.1, -0.05) is 23.7 Å². The van der Waals surface area contributed by atoms with Crippen molar-refractivity contribution in [3.63, 3.8) is 0 Å². The SMILES string of the molecule is O=S(=O)(C=Cc1ccc(Cl)cc1)Nc1ccc2[nH]ccc2c1. The van der Waals surface area contributed by atoms with Gasteiger partial charge in [0.15, 0.2) is 0 Å². The topological polar surface area (TPSA) is 62.0 Å². The summed E-state index contributed by atoms with van der Waals surface area (Å²) in [7, 11) is -3.57. The van der Waals surface area contributed by atoms with Gasteiger partial charge in [-0.05, 0) is 48.0 Å². The van der Waals surface area contributed by atoms with E-state index in [4.69, 9.17) is 11.6 Å². The van der Waals surface area contributed by atoms with Gasteiger partial charge in [-0.3, -0.25) is 4.72 Å². The Morgan fingerprint density at radius 2 is 1.82 bits per heavy atom. The zero-order valence-electron chi connectivity index (χ0n) is 11.5. The number of aromatic nitrogens is 1. The maximum absolute atomic E-state index is 12.1. The van der Waals surface area contributed by atoms with Crippen LogP contribution >= 0.6 is 11.6 Å². The molecule has 0 amide bonds. The summed E-state index contributed by atoms with van der Waals surface area (Å²) in [5, 5.41) is 2.69. The van der Waals surface area contributed by atoms with E-state index in [1.807, 2.05) is 18.3 Å². The number of rotatable bonds is 4. The Morgan fingerprint density at radius 3 is 2.59 bits per heavy atom. The second kappa shape index (κ2) is 5.87. The first kappa shape index (κ1) is 14.7. The number of nitrogens with one attached hydrogen (secondary N) is 2. The Morgan fingerprint density at radius 1 is 1.05 bits per heavy atom. The summed E-state index contributed by atoms with van der Waals surface area (Å²) in [5.41, 5.74) is 2.24. The van der Waals surface area contributed by atoms with E-state index in [0.717, 1.165) is 21.9 Å². The number of anilines is 1. The lowest BCUT2D eigenvalue weighted by atomic mass is 10.2. The third-order valence-corrected chi connectivity index (χ3v) is 4.39. The lowest BCUT2D eigenvalue weighted by Crippen LogP contribution is -2.08. The molecule has 1 aromatic heterocycles. The monoisotopic (exact) mass is 332 g/mol. The quantitative estimate of drug-likeness (QED) is 0.750. The molecule has 4 nitrogen and oxygen atoms in total. The highest BCUT2D eigenvalue weighted by Crippen LogP contribution is 2.19. The van der Waals surface area contributed by atoms with Gasteiger partial charge in [0.1, 0.15) is 0 Å². The van der Waals surface area contributed by atoms with Crippen LogP contribution in [0.2, 0.25) is 5.02 Å². The van der Waals surface area contributed by atoms with Crippen molar-refractivity contribution < 1.29 is 8.42 Å². The van der Waals surface area contributed by atoms with Gasteiger partial charge in [0.25, 0.3) is 10.0 Å². The second-order valence-corrected chi connectivity index (χ2v) is 6.78. The van der Waals surface area contributed by atoms with Crippen LogP contribution in [0.25, 0.3) is 17.0 Å². The van der Waals surface area contributed by atoms with Crippen molar-refractivity contribution in [2.24, 2.45) is 0 Å². The molecule has 0 saturated carbocycles. The summed E-state index contributed by atoms with van der Waals surface area (Å²) < 4.78 is 26.7. The van der Waals surface area contributed by atoms with Gasteiger partial charge in [0, 0.05) is 27.8 Å². The lowest BCUT2D eigenvalue weighted by Gasteiger charge is -2.04. The molecule has 0 aliphatic rings. The maximum atomic E-state index is 12.1. The predicted molar refractivity (Wildman–Crippen MR) is 91.3 cm³/mol. The molecule has 6 heteroatoms. The molecule has 0 saturated heterocycles. The normalized spacial score (nSPS) is 12.0. The van der Waals surface area contributed by atoms with E-state index in [1.54, 1.807) is 36.4 Å². The van der Waals surface area contributed by atoms with Crippen LogP contribution in [-0.2, 0) is 10.0 Å². The van der Waals surface area contributed by atoms with E-state index >= 15 is 0 Å². The molecule has 0 unspecified atom stereocenters. The van der Waals surface area contributed by atoms with Crippen LogP contribution in [0.3, 0.4) is 0 Å². The maximum Gasteiger partial charge on any atom is 0.255 e. The van der Waals surface area contributed by atoms with Crippen molar-refractivity contribution in [1.29, 1.82) is 0 Å². The zero-order valence-corrected chi connectivity index (χ0v) is 13.0. The highest BCUT2D eigenvalue weighted by Gasteiger charge is 2.06. The van der Waals surface area contributed by atoms with Crippen molar-refractivity contribution in [2.75, 3.05) is 4.72 Å². The highest BCUT2D eigenvalue weighted by atomic mass is 35.5. The van der Waals surface area contributed by atoms with E-state index in [0.29, 0.717) is 10.7 Å². The third-order valence-electron chi connectivity index (χ3n) is 3.12. The number of sulfonamides is 1. The van der Waals surface area contributed by atoms with Crippen LogP contribution in [0.5, 0.6) is 0 Å². The van der Waals surface area contributed by atoms with Gasteiger partial charge in [-0.2, -0.15) is 0 Å². The summed E-state index contributed by atoms with van der Waals surface area (Å²) in [5.74, 6) is 0. The number of H-pyrrole nitrogens is 1. The number of benzene rings is 2. The smallest absolute Gasteiger partial charge is 0.255 e. The summed E-state index contributed by atoms with van der Waals surface area (Å²) in [4.78, 5) is 3.06. The lowest BCUT2D eigenvalue weighted by molar-refractivity contribution is 0.609. The van der Waals surface area contributed by atoms with E-state index in [-0.39, 0.29) is 0 Å². The number of hydrogen-bond donors (Lipinski definition) is 2. The van der Waals surface area contributed by atoms with E-state index in [9.17, 15) is 8.42 Å². The van der Waals surface area contributed by atoms with Crippen LogP contribution in [0, 0.1) is 0 Å². The average molecular weight is 333 g/mol. The average Bonchev–Trinajstić information content (AvgIpc) is 2.94. The molecule has 0 fully saturated rings. The fourth-order valence-corrected chi connectivity index (χ4v) is 3.04. The minimum atomic E-state index is -3.57. The van der Waals surface area contributed by atoms with Crippen molar-refractivity contribution in [1.82, 2.24) is 4.98 Å². The number of hydrogen-bond acceptors (Lipinski definition) is 2. The van der Waals surface area contributed by atoms with Gasteiger partial charge < -0.3 is 4.98 Å². The van der Waals surface area contributed by atoms with Crippen LogP contribution in [0.1, 0.15) is 5.56 Å². The van der Waals surface area contributed by atoms with Crippen LogP contribution in [-0.4, -0.2) is 13.4 Å². The molecule has 112 valence electrons. The Labute approximate surface area is 133 Å². The molecule has 1 heterocycles. The van der Waals surface area contributed by atoms with Crippen LogP contribution < -0.4 is 4.72 Å². The number of fused-ring (bicyclic) bond motifs is 1. The molecule has 0 atom stereocenters. The molecular formula is C16H13ClN2O2S. The Balaban J connectivity index is 1.79. The van der Waals surface area contributed by atoms with Gasteiger partial charge in [-0.25, -0.2) is 8.42 Å². The van der Waals surface area contributed by atoms with E-state index in [2.05, 4.69) is 9.71 Å². The van der Waals surface area contributed by atoms with Gasteiger partial charge in [0.05, 0.1) is 5.41 Å². The molecule has 3 rings (SSSR count). The fraction of sp³-hybridized carbons (Fsp3) is 0. The van der Waals surface area contributed by atoms with E-state index < -0.39 is 10.0 Å². The van der Waals surface area contributed by atoms with Crippen molar-refractivity contribution in [2.45, 2.75) is 0 Å². The molecule has 0 radical (unpaired) electrons. The molecular weight excluding hydrogens is 320 g/mol. The number of halogens is 1. The Hall–Kier alpha value is -2.24. The summed E-state index contributed by atoms with van der Waals surface area (Å²) in [6, 6.07) is 14.1. The largest absolute Gasteiger partial charge is 0.361 e. The third kappa shape index (κ3) is 3.50. The van der Waals surface area contributed by atoms with E-state index in [1.165, 1.54) is 6.08 Å². The Bertz CT molecular complexity index is 928. The standard InChI is InChI=1S/C16H13ClN2O2S/c17-14-3-1-12(2-4-14)8-10-22(20,21)19-15-5-6-16-13(11-15)7-9-18-16/h1-11,18-19H. The van der Waals surface area contributed by atoms with Crippen molar-refractivity contribution in [3.05, 3.63) is 70.7 Å². The molecule has 22 heavy (non-hydrogen) atoms. The first-order chi connectivity index (χ1) is 10.5. The molecule has 2 aromatic carbocycles. The summed E-state index contributed by atoms with van der Waals surface area (Å²) in [6.07, 6.45) is 3.33. The Kier molecular flexibility index (Phi) is 3.92. The predicted octanol–water partition coefficient (Wildman–Crippen LogP) is 4.23. The van der Waals surface area contributed by atoms with Gasteiger partial charge >= 0.3 is 0 Å². The minimum Gasteiger partial charge on any atom is -0.361 e. The zero-order chi connectivity index (χ0) is 15.6. The number of aromatic amines is 1. The first-order valence-corrected chi connectivity index (χ1v) is 8.48. The van der Waals surface area contributed by atoms with Crippen LogP contribution in [0.15, 0.2) is 60.1 Å². The molecule has 2 N–H and O–H groups in total. The molecule has 0 spiro atoms. The fourth-order valence-electron chi connectivity index (χ4n) is 2.06. The molecule has 0 aliphatic carbocycles. The highest BCUT2D eigenvalue weighted by molar-refractivity contribution is 7.95. The van der Waals surface area contributed by atoms with Crippen molar-refractivity contribution in [3.8, 4) is 0 Å². The van der Waals surface area contributed by atoms with Crippen LogP contribution in [0.4, 0.5) is 5.69 Å². The summed E-state index contributed by atoms with van der Waals surface area (Å²) in [6.45, 7) is 0. The second-order valence-electron chi connectivity index (χ2n) is 4.78. The minimum absolute atomic E-state index is 0.521. The first-order valence-electron chi connectivity index (χ1n) is 6.55. The van der Waals surface area contributed by atoms with Gasteiger partial charge in [0.2, 0.25) is 0 Å². The molecule has 0 bridgehead atoms. The molecule has 0 aliphatic heterocycles. The van der Waals surface area contributed by atoms with Gasteiger partial charge in [-0.15, -0.1) is 0 Å².